The van der Waals surface area contributed by atoms with Crippen LogP contribution in [0.5, 0.6) is 0 Å². The van der Waals surface area contributed by atoms with Crippen LogP contribution in [0.1, 0.15) is 0 Å². The Balaban J connectivity index is 2.22. The molecule has 21 heavy (non-hydrogen) atoms. The van der Waals surface area contributed by atoms with Crippen LogP contribution in [0.15, 0.2) is 51.4 Å². The minimum absolute atomic E-state index is 0.334. The number of halogens is 3. The molecular weight excluding hydrogens is 401 g/mol. The molecular formula is C15H10Br2FN3. The van der Waals surface area contributed by atoms with Crippen molar-refractivity contribution in [1.82, 2.24) is 10.2 Å². The molecule has 0 saturated heterocycles. The van der Waals surface area contributed by atoms with Crippen LogP contribution >= 0.6 is 31.9 Å². The molecule has 0 aliphatic rings. The van der Waals surface area contributed by atoms with Gasteiger partial charge in [-0.2, -0.15) is 5.10 Å². The summed E-state index contributed by atoms with van der Waals surface area (Å²) in [7, 11) is 0. The highest BCUT2D eigenvalue weighted by Gasteiger charge is 2.17. The van der Waals surface area contributed by atoms with Crippen LogP contribution in [0, 0.1) is 5.82 Å². The van der Waals surface area contributed by atoms with Gasteiger partial charge in [-0.3, -0.25) is 5.10 Å². The van der Waals surface area contributed by atoms with E-state index in [1.165, 1.54) is 6.07 Å². The number of benzene rings is 2. The van der Waals surface area contributed by atoms with Crippen molar-refractivity contribution >= 4 is 37.7 Å². The number of hydrogen-bond acceptors (Lipinski definition) is 2. The molecule has 0 bridgehead atoms. The van der Waals surface area contributed by atoms with E-state index in [2.05, 4.69) is 42.1 Å². The van der Waals surface area contributed by atoms with E-state index in [4.69, 9.17) is 5.73 Å². The van der Waals surface area contributed by atoms with Gasteiger partial charge in [0.1, 0.15) is 5.82 Å². The first-order valence-electron chi connectivity index (χ1n) is 6.12. The predicted molar refractivity (Wildman–Crippen MR) is 89.2 cm³/mol. The zero-order chi connectivity index (χ0) is 15.0. The fourth-order valence-corrected chi connectivity index (χ4v) is 2.88. The summed E-state index contributed by atoms with van der Waals surface area (Å²) in [5, 5.41) is 6.95. The molecule has 0 amide bonds. The molecule has 106 valence electrons. The second-order valence-electron chi connectivity index (χ2n) is 4.47. The molecule has 0 atom stereocenters. The Kier molecular flexibility index (Phi) is 3.82. The Morgan fingerprint density at radius 1 is 1.05 bits per heavy atom. The third kappa shape index (κ3) is 2.61. The lowest BCUT2D eigenvalue weighted by atomic mass is 10.0. The van der Waals surface area contributed by atoms with Crippen LogP contribution in [0.2, 0.25) is 0 Å². The highest BCUT2D eigenvalue weighted by Crippen LogP contribution is 2.38. The molecule has 1 aromatic heterocycles. The lowest BCUT2D eigenvalue weighted by Gasteiger charge is -2.07. The van der Waals surface area contributed by atoms with Crippen molar-refractivity contribution in [3.8, 4) is 22.4 Å². The summed E-state index contributed by atoms with van der Waals surface area (Å²) in [6.07, 6.45) is 0. The van der Waals surface area contributed by atoms with E-state index < -0.39 is 0 Å². The fraction of sp³-hybridized carbons (Fsp3) is 0. The lowest BCUT2D eigenvalue weighted by Crippen LogP contribution is -1.90. The van der Waals surface area contributed by atoms with Gasteiger partial charge < -0.3 is 5.73 Å². The van der Waals surface area contributed by atoms with Gasteiger partial charge in [0.15, 0.2) is 5.82 Å². The number of aromatic amines is 1. The molecule has 2 aromatic carbocycles. The van der Waals surface area contributed by atoms with Gasteiger partial charge in [-0.15, -0.1) is 0 Å². The highest BCUT2D eigenvalue weighted by atomic mass is 79.9. The Morgan fingerprint density at radius 2 is 1.81 bits per heavy atom. The van der Waals surface area contributed by atoms with E-state index in [1.807, 2.05) is 24.3 Å². The minimum Gasteiger partial charge on any atom is -0.382 e. The lowest BCUT2D eigenvalue weighted by molar-refractivity contribution is 0.621. The van der Waals surface area contributed by atoms with Crippen molar-refractivity contribution in [2.75, 3.05) is 5.73 Å². The van der Waals surface area contributed by atoms with Crippen molar-refractivity contribution < 1.29 is 4.39 Å². The maximum absolute atomic E-state index is 13.8. The molecule has 0 radical (unpaired) electrons. The summed E-state index contributed by atoms with van der Waals surface area (Å²) in [6, 6.07) is 12.6. The van der Waals surface area contributed by atoms with Crippen molar-refractivity contribution in [3.05, 3.63) is 57.2 Å². The largest absolute Gasteiger partial charge is 0.382 e. The first kappa shape index (κ1) is 14.3. The van der Waals surface area contributed by atoms with Crippen LogP contribution < -0.4 is 5.73 Å². The van der Waals surface area contributed by atoms with Gasteiger partial charge in [0, 0.05) is 15.6 Å². The summed E-state index contributed by atoms with van der Waals surface area (Å²) in [6.45, 7) is 0. The predicted octanol–water partition coefficient (Wildman–Crippen LogP) is 4.99. The Hall–Kier alpha value is -1.66. The van der Waals surface area contributed by atoms with E-state index in [0.29, 0.717) is 21.5 Å². The smallest absolute Gasteiger partial charge is 0.153 e. The van der Waals surface area contributed by atoms with Gasteiger partial charge in [-0.25, -0.2) is 4.39 Å². The van der Waals surface area contributed by atoms with Gasteiger partial charge in [-0.1, -0.05) is 40.2 Å². The molecule has 3 aromatic rings. The summed E-state index contributed by atoms with van der Waals surface area (Å²) >= 11 is 6.65. The molecule has 3 N–H and O–H groups in total. The molecule has 3 rings (SSSR count). The molecule has 3 nitrogen and oxygen atoms in total. The second kappa shape index (κ2) is 5.61. The molecule has 0 spiro atoms. The number of anilines is 1. The molecule has 0 unspecified atom stereocenters. The number of nitrogens with one attached hydrogen (secondary N) is 1. The van der Waals surface area contributed by atoms with Crippen LogP contribution in [0.4, 0.5) is 10.2 Å². The molecule has 0 aliphatic heterocycles. The number of nitrogens with zero attached hydrogens (tertiary/aromatic N) is 1. The first-order chi connectivity index (χ1) is 10.1. The number of rotatable bonds is 2. The van der Waals surface area contributed by atoms with Gasteiger partial charge in [0.25, 0.3) is 0 Å². The monoisotopic (exact) mass is 409 g/mol. The van der Waals surface area contributed by atoms with E-state index >= 15 is 0 Å². The standard InChI is InChI=1S/C15H10Br2FN3/c16-10-4-2-1-3-9(10)13-14(20-21-15(13)19)8-5-6-11(17)12(18)7-8/h1-7H,(H3,19,20,21). The molecule has 1 heterocycles. The molecule has 0 fully saturated rings. The maximum Gasteiger partial charge on any atom is 0.153 e. The second-order valence-corrected chi connectivity index (χ2v) is 6.18. The van der Waals surface area contributed by atoms with E-state index in [-0.39, 0.29) is 5.82 Å². The van der Waals surface area contributed by atoms with Crippen molar-refractivity contribution in [2.24, 2.45) is 0 Å². The molecule has 0 saturated carbocycles. The number of nitrogens with two attached hydrogens (primary N) is 1. The van der Waals surface area contributed by atoms with Crippen LogP contribution in [-0.2, 0) is 0 Å². The maximum atomic E-state index is 13.8. The number of nitrogen functional groups attached to an aromatic ring is 1. The SMILES string of the molecule is Nc1n[nH]c(-c2ccc(Br)c(F)c2)c1-c1ccccc1Br. The quantitative estimate of drug-likeness (QED) is 0.625. The van der Waals surface area contributed by atoms with E-state index in [0.717, 1.165) is 15.6 Å². The van der Waals surface area contributed by atoms with Gasteiger partial charge in [0.05, 0.1) is 15.7 Å². The molecule has 6 heteroatoms. The first-order valence-corrected chi connectivity index (χ1v) is 7.70. The summed E-state index contributed by atoms with van der Waals surface area (Å²) in [5.74, 6) is 0.0407. The zero-order valence-corrected chi connectivity index (χ0v) is 13.9. The molecule has 0 aliphatic carbocycles. The zero-order valence-electron chi connectivity index (χ0n) is 10.7. The summed E-state index contributed by atoms with van der Waals surface area (Å²) < 4.78 is 15.1. The number of H-pyrrole nitrogens is 1. The third-order valence-electron chi connectivity index (χ3n) is 3.15. The number of aromatic nitrogens is 2. The normalized spacial score (nSPS) is 10.8. The third-order valence-corrected chi connectivity index (χ3v) is 4.48. The van der Waals surface area contributed by atoms with Crippen molar-refractivity contribution in [3.63, 3.8) is 0 Å². The minimum atomic E-state index is -0.334. The Labute approximate surface area is 137 Å². The van der Waals surface area contributed by atoms with Crippen molar-refractivity contribution in [2.45, 2.75) is 0 Å². The van der Waals surface area contributed by atoms with E-state index in [1.54, 1.807) is 12.1 Å². The Morgan fingerprint density at radius 3 is 2.52 bits per heavy atom. The highest BCUT2D eigenvalue weighted by molar-refractivity contribution is 9.10. The summed E-state index contributed by atoms with van der Waals surface area (Å²) in [5.41, 5.74) is 9.01. The average molecular weight is 411 g/mol. The van der Waals surface area contributed by atoms with Crippen LogP contribution in [0.3, 0.4) is 0 Å². The topological polar surface area (TPSA) is 54.7 Å². The van der Waals surface area contributed by atoms with Crippen LogP contribution in [0.25, 0.3) is 22.4 Å². The summed E-state index contributed by atoms with van der Waals surface area (Å²) in [4.78, 5) is 0. The fourth-order valence-electron chi connectivity index (χ4n) is 2.15. The number of hydrogen-bond donors (Lipinski definition) is 2. The van der Waals surface area contributed by atoms with Gasteiger partial charge in [-0.05, 0) is 34.1 Å². The Bertz CT molecular complexity index is 814. The van der Waals surface area contributed by atoms with Crippen LogP contribution in [-0.4, -0.2) is 10.2 Å². The van der Waals surface area contributed by atoms with Crippen molar-refractivity contribution in [1.29, 1.82) is 0 Å². The van der Waals surface area contributed by atoms with Gasteiger partial charge in [0.2, 0.25) is 0 Å². The van der Waals surface area contributed by atoms with E-state index in [9.17, 15) is 4.39 Å². The van der Waals surface area contributed by atoms with Gasteiger partial charge >= 0.3 is 0 Å². The average Bonchev–Trinajstić information content (AvgIpc) is 2.84.